The quantitative estimate of drug-likeness (QED) is 0.262. The first kappa shape index (κ1) is 23.4. The van der Waals surface area contributed by atoms with Crippen LogP contribution in [0.4, 0.5) is 0 Å². The molecule has 0 rings (SSSR count). The van der Waals surface area contributed by atoms with E-state index in [1.807, 2.05) is 6.08 Å². The maximum Gasteiger partial charge on any atom is -0.00459 e. The van der Waals surface area contributed by atoms with Gasteiger partial charge in [-0.25, -0.2) is 0 Å². The molecule has 0 heterocycles. The van der Waals surface area contributed by atoms with Gasteiger partial charge in [-0.05, 0) is 64.7 Å². The second kappa shape index (κ2) is 12.8. The smallest absolute Gasteiger partial charge is 0.00459 e. The summed E-state index contributed by atoms with van der Waals surface area (Å²) in [6.07, 6.45) is 16.7. The van der Waals surface area contributed by atoms with Crippen LogP contribution < -0.4 is 0 Å². The highest BCUT2D eigenvalue weighted by Crippen LogP contribution is 2.26. The molecule has 0 aromatic rings. The van der Waals surface area contributed by atoms with Gasteiger partial charge in [0.15, 0.2) is 0 Å². The Morgan fingerprint density at radius 1 is 1.04 bits per heavy atom. The first-order valence-corrected chi connectivity index (χ1v) is 9.64. The summed E-state index contributed by atoms with van der Waals surface area (Å²) < 4.78 is 0. The molecule has 0 amide bonds. The van der Waals surface area contributed by atoms with E-state index in [0.717, 1.165) is 12.8 Å². The zero-order valence-corrected chi connectivity index (χ0v) is 17.7. The zero-order chi connectivity index (χ0) is 19.4. The third kappa shape index (κ3) is 11.6. The molecule has 0 aliphatic heterocycles. The molecule has 0 aliphatic carbocycles. The summed E-state index contributed by atoms with van der Waals surface area (Å²) in [5, 5.41) is 0. The molecule has 0 saturated heterocycles. The lowest BCUT2D eigenvalue weighted by atomic mass is 9.86. The highest BCUT2D eigenvalue weighted by Gasteiger charge is 2.12. The van der Waals surface area contributed by atoms with Crippen LogP contribution in [0.25, 0.3) is 0 Å². The fourth-order valence-electron chi connectivity index (χ4n) is 2.94. The van der Waals surface area contributed by atoms with Gasteiger partial charge in [0.05, 0.1) is 0 Å². The molecule has 25 heavy (non-hydrogen) atoms. The minimum Gasteiger partial charge on any atom is -0.103 e. The van der Waals surface area contributed by atoms with Crippen LogP contribution in [0, 0.1) is 17.8 Å². The van der Waals surface area contributed by atoms with Crippen LogP contribution in [-0.2, 0) is 0 Å². The lowest BCUT2D eigenvalue weighted by Gasteiger charge is -2.19. The maximum atomic E-state index is 4.36. The monoisotopic (exact) mass is 340 g/mol. The van der Waals surface area contributed by atoms with E-state index in [1.54, 1.807) is 0 Å². The van der Waals surface area contributed by atoms with Crippen molar-refractivity contribution in [3.05, 3.63) is 71.9 Å². The SMILES string of the molecule is C=C[C@H](C)CC/C=C/C=C(\C)C[C@H](C)C(=C)[C@H](C)/C=C(\C)C=C(C)C. The summed E-state index contributed by atoms with van der Waals surface area (Å²) in [6, 6.07) is 0. The van der Waals surface area contributed by atoms with Crippen molar-refractivity contribution in [2.75, 3.05) is 0 Å². The Balaban J connectivity index is 4.55. The van der Waals surface area contributed by atoms with Crippen LogP contribution in [0.5, 0.6) is 0 Å². The van der Waals surface area contributed by atoms with Crippen molar-refractivity contribution < 1.29 is 0 Å². The standard InChI is InChI=1S/C25H40/c1-10-20(4)14-12-11-13-15-21(5)17-23(7)25(9)24(8)18-22(6)16-19(2)3/h10-11,13,15-16,18,20,23-24H,1,9,12,14,17H2,2-8H3/b13-11+,21-15+,22-18+/t20-,23-,24+/m0/s1. The predicted molar refractivity (Wildman–Crippen MR) is 117 cm³/mol. The highest BCUT2D eigenvalue weighted by atomic mass is 14.2. The Hall–Kier alpha value is -1.56. The van der Waals surface area contributed by atoms with Gasteiger partial charge in [-0.1, -0.05) is 86.1 Å². The zero-order valence-electron chi connectivity index (χ0n) is 17.7. The topological polar surface area (TPSA) is 0 Å². The van der Waals surface area contributed by atoms with Crippen LogP contribution in [0.15, 0.2) is 71.9 Å². The van der Waals surface area contributed by atoms with Crippen molar-refractivity contribution in [1.29, 1.82) is 0 Å². The van der Waals surface area contributed by atoms with Crippen LogP contribution in [0.3, 0.4) is 0 Å². The van der Waals surface area contributed by atoms with E-state index in [1.165, 1.54) is 28.7 Å². The molecule has 0 fully saturated rings. The molecular formula is C25H40. The lowest BCUT2D eigenvalue weighted by Crippen LogP contribution is -2.06. The molecule has 0 aromatic heterocycles. The van der Waals surface area contributed by atoms with Gasteiger partial charge in [0.2, 0.25) is 0 Å². The van der Waals surface area contributed by atoms with E-state index in [-0.39, 0.29) is 0 Å². The maximum absolute atomic E-state index is 4.36. The van der Waals surface area contributed by atoms with E-state index >= 15 is 0 Å². The first-order chi connectivity index (χ1) is 11.7. The van der Waals surface area contributed by atoms with E-state index in [9.17, 15) is 0 Å². The Morgan fingerprint density at radius 3 is 2.24 bits per heavy atom. The average molecular weight is 341 g/mol. The van der Waals surface area contributed by atoms with Crippen LogP contribution >= 0.6 is 0 Å². The normalized spacial score (nSPS) is 16.4. The van der Waals surface area contributed by atoms with E-state index in [0.29, 0.717) is 17.8 Å². The summed E-state index contributed by atoms with van der Waals surface area (Å²) >= 11 is 0. The summed E-state index contributed by atoms with van der Waals surface area (Å²) in [6.45, 7) is 23.6. The van der Waals surface area contributed by atoms with Crippen molar-refractivity contribution in [1.82, 2.24) is 0 Å². The lowest BCUT2D eigenvalue weighted by molar-refractivity contribution is 0.607. The van der Waals surface area contributed by atoms with Gasteiger partial charge in [-0.15, -0.1) is 6.58 Å². The molecule has 0 heteroatoms. The minimum absolute atomic E-state index is 0.411. The number of allylic oxidation sites excluding steroid dienone is 10. The summed E-state index contributed by atoms with van der Waals surface area (Å²) in [5.41, 5.74) is 5.40. The van der Waals surface area contributed by atoms with Gasteiger partial charge in [-0.2, -0.15) is 0 Å². The fraction of sp³-hybridized carbons (Fsp3) is 0.520. The summed E-state index contributed by atoms with van der Waals surface area (Å²) in [4.78, 5) is 0. The second-order valence-corrected chi connectivity index (χ2v) is 7.83. The summed E-state index contributed by atoms with van der Waals surface area (Å²) in [5.74, 6) is 1.51. The van der Waals surface area contributed by atoms with Gasteiger partial charge in [-0.3, -0.25) is 0 Å². The second-order valence-electron chi connectivity index (χ2n) is 7.83. The predicted octanol–water partition coefficient (Wildman–Crippen LogP) is 8.22. The van der Waals surface area contributed by atoms with Gasteiger partial charge in [0.1, 0.15) is 0 Å². The minimum atomic E-state index is 0.411. The molecule has 140 valence electrons. The molecule has 0 bridgehead atoms. The molecule has 0 N–H and O–H groups in total. The van der Waals surface area contributed by atoms with Gasteiger partial charge in [0.25, 0.3) is 0 Å². The van der Waals surface area contributed by atoms with Crippen molar-refractivity contribution in [3.63, 3.8) is 0 Å². The number of hydrogen-bond donors (Lipinski definition) is 0. The van der Waals surface area contributed by atoms with Crippen molar-refractivity contribution in [2.45, 2.75) is 67.7 Å². The van der Waals surface area contributed by atoms with Gasteiger partial charge in [0, 0.05) is 0 Å². The van der Waals surface area contributed by atoms with Gasteiger partial charge >= 0.3 is 0 Å². The Kier molecular flexibility index (Phi) is 12.0. The molecule has 0 nitrogen and oxygen atoms in total. The molecule has 0 aliphatic rings. The Labute approximate surface area is 157 Å². The van der Waals surface area contributed by atoms with Crippen LogP contribution in [0.1, 0.15) is 67.7 Å². The van der Waals surface area contributed by atoms with E-state index in [4.69, 9.17) is 0 Å². The molecular weight excluding hydrogens is 300 g/mol. The van der Waals surface area contributed by atoms with Crippen molar-refractivity contribution in [2.24, 2.45) is 17.8 Å². The third-order valence-electron chi connectivity index (χ3n) is 4.58. The Bertz CT molecular complexity index is 532. The van der Waals surface area contributed by atoms with E-state index in [2.05, 4.69) is 92.0 Å². The third-order valence-corrected chi connectivity index (χ3v) is 4.58. The molecule has 0 radical (unpaired) electrons. The number of hydrogen-bond acceptors (Lipinski definition) is 0. The molecule has 0 aromatic carbocycles. The molecule has 0 unspecified atom stereocenters. The van der Waals surface area contributed by atoms with E-state index < -0.39 is 0 Å². The van der Waals surface area contributed by atoms with Crippen LogP contribution in [-0.4, -0.2) is 0 Å². The average Bonchev–Trinajstić information content (AvgIpc) is 2.52. The molecule has 0 saturated carbocycles. The molecule has 0 spiro atoms. The fourth-order valence-corrected chi connectivity index (χ4v) is 2.94. The summed E-state index contributed by atoms with van der Waals surface area (Å²) in [7, 11) is 0. The highest BCUT2D eigenvalue weighted by molar-refractivity contribution is 5.24. The van der Waals surface area contributed by atoms with Gasteiger partial charge < -0.3 is 0 Å². The van der Waals surface area contributed by atoms with Crippen LogP contribution in [0.2, 0.25) is 0 Å². The molecule has 3 atom stereocenters. The van der Waals surface area contributed by atoms with Crippen molar-refractivity contribution in [3.8, 4) is 0 Å². The number of rotatable bonds is 11. The Morgan fingerprint density at radius 2 is 1.68 bits per heavy atom. The largest absolute Gasteiger partial charge is 0.103 e. The first-order valence-electron chi connectivity index (χ1n) is 9.64. The van der Waals surface area contributed by atoms with Crippen molar-refractivity contribution >= 4 is 0 Å².